The highest BCUT2D eigenvalue weighted by Gasteiger charge is 2.61. The number of carboxylic acids is 3. The second kappa shape index (κ2) is 30.1. The maximum Gasteiger partial charge on any atom is 0.397 e. The highest BCUT2D eigenvalue weighted by molar-refractivity contribution is 7.81. The fourth-order valence-electron chi connectivity index (χ4n) is 10.1. The lowest BCUT2D eigenvalue weighted by molar-refractivity contribution is -0.373. The Morgan fingerprint density at radius 3 is 1.08 bits per heavy atom. The highest BCUT2D eigenvalue weighted by atomic mass is 32.3. The number of aliphatic hydroxyl groups is 10. The smallest absolute Gasteiger partial charge is 0.397 e. The number of nitrogens with one attached hydrogen (secondary N) is 3. The Labute approximate surface area is 504 Å². The van der Waals surface area contributed by atoms with Gasteiger partial charge >= 0.3 is 49.1 Å². The molecule has 5 saturated heterocycles. The first kappa shape index (κ1) is 74.2. The molecule has 0 spiro atoms. The van der Waals surface area contributed by atoms with Gasteiger partial charge in [0.2, 0.25) is 29.8 Å². The van der Waals surface area contributed by atoms with E-state index >= 15 is 0 Å². The van der Waals surface area contributed by atoms with E-state index in [0.717, 1.165) is 20.8 Å². The van der Waals surface area contributed by atoms with Crippen LogP contribution in [0.3, 0.4) is 0 Å². The summed E-state index contributed by atoms with van der Waals surface area (Å²) in [5.74, 6) is -10.7. The van der Waals surface area contributed by atoms with Gasteiger partial charge in [-0.25, -0.2) is 26.9 Å². The molecule has 0 saturated carbocycles. The standard InChI is InChI=1S/C42H63N3O42S3/c1-8(49)43-16-27(24(85-88(65,66)67)13(5-46)74-37(16)64)78-41-22(56)20(54)30(32(83-41)35(60)61)82-39-18(45-10(3)51)29(26(15(7-48)77-39)87-90(71,72)73)80-42-23(57)21(55)31(33(84-42)36(62)63)81-38-17(44-9(2)50)28(25(14(6-47)76-38)86-89(68,69)70)79-40-19(53)11(52)4-12(75-40)34(58)59/h4,11,13-33,37-42,46-48,52-57,64H,5-7H2,1-3H3,(H,43,49)(H,44,50)(H,45,51)(H,58,59)(H,60,61)(H,62,63)(H,65,66,67)(H,68,69,70)(H,71,72,73)/t11-,13+,14+,15+,16+,17+,18+,19+,20+,21+,22+,23+,24-,25-,26-,27+,28+,29+,30-,31-,32+,33+,37?,38-,39-,40-,41+,42+/m0/s1. The molecule has 0 aliphatic carbocycles. The molecule has 6 aliphatic heterocycles. The van der Waals surface area contributed by atoms with Crippen LogP contribution in [0.25, 0.3) is 0 Å². The summed E-state index contributed by atoms with van der Waals surface area (Å²) < 4.78 is 177. The largest absolute Gasteiger partial charge is 0.479 e. The minimum atomic E-state index is -5.84. The van der Waals surface area contributed by atoms with E-state index in [9.17, 15) is 134 Å². The summed E-state index contributed by atoms with van der Waals surface area (Å²) >= 11 is 0. The van der Waals surface area contributed by atoms with E-state index in [0.29, 0.717) is 6.08 Å². The quantitative estimate of drug-likeness (QED) is 0.0377. The van der Waals surface area contributed by atoms with Crippen molar-refractivity contribution < 1.29 is 199 Å². The van der Waals surface area contributed by atoms with Gasteiger partial charge in [0, 0.05) is 20.8 Å². The average molecular weight is 1380 g/mol. The summed E-state index contributed by atoms with van der Waals surface area (Å²) in [7, 11) is -17.1. The van der Waals surface area contributed by atoms with Gasteiger partial charge in [-0.15, -0.1) is 0 Å². The molecule has 28 atom stereocenters. The van der Waals surface area contributed by atoms with Crippen molar-refractivity contribution in [3.8, 4) is 0 Å². The van der Waals surface area contributed by atoms with Crippen LogP contribution in [0.2, 0.25) is 0 Å². The summed E-state index contributed by atoms with van der Waals surface area (Å²) in [4.78, 5) is 75.8. The van der Waals surface area contributed by atoms with Gasteiger partial charge in [0.05, 0.1) is 19.8 Å². The van der Waals surface area contributed by atoms with Crippen molar-refractivity contribution in [1.82, 2.24) is 16.0 Å². The van der Waals surface area contributed by atoms with Crippen molar-refractivity contribution in [3.63, 3.8) is 0 Å². The van der Waals surface area contributed by atoms with E-state index in [1.165, 1.54) is 0 Å². The Morgan fingerprint density at radius 2 is 0.756 bits per heavy atom. The Balaban J connectivity index is 1.35. The Bertz CT molecular complexity index is 2940. The normalized spacial score (nSPS) is 41.1. The molecule has 0 aromatic rings. The van der Waals surface area contributed by atoms with E-state index in [1.807, 2.05) is 0 Å². The third-order valence-electron chi connectivity index (χ3n) is 13.7. The number of carbonyl (C=O) groups excluding carboxylic acids is 3. The van der Waals surface area contributed by atoms with Crippen LogP contribution in [-0.4, -0.2) is 333 Å². The maximum absolute atomic E-state index is 13.1. The number of rotatable bonds is 25. The summed E-state index contributed by atoms with van der Waals surface area (Å²) in [6, 6.07) is -6.64. The zero-order valence-electron chi connectivity index (χ0n) is 45.9. The van der Waals surface area contributed by atoms with Gasteiger partial charge in [-0.05, 0) is 6.08 Å². The first-order chi connectivity index (χ1) is 41.7. The summed E-state index contributed by atoms with van der Waals surface area (Å²) in [5, 5.41) is 146. The van der Waals surface area contributed by atoms with Crippen LogP contribution in [0.1, 0.15) is 20.8 Å². The minimum absolute atomic E-state index is 0.490. The molecule has 0 aromatic carbocycles. The van der Waals surface area contributed by atoms with Crippen molar-refractivity contribution in [3.05, 3.63) is 11.8 Å². The Hall–Kier alpha value is -4.83. The van der Waals surface area contributed by atoms with Crippen LogP contribution in [0.4, 0.5) is 0 Å². The molecule has 0 aromatic heterocycles. The van der Waals surface area contributed by atoms with Crippen molar-refractivity contribution in [2.45, 2.75) is 193 Å². The predicted octanol–water partition coefficient (Wildman–Crippen LogP) is -12.8. The number of ether oxygens (including phenoxy) is 11. The van der Waals surface area contributed by atoms with Gasteiger partial charge in [-0.3, -0.25) is 28.0 Å². The van der Waals surface area contributed by atoms with Crippen molar-refractivity contribution in [2.24, 2.45) is 0 Å². The third kappa shape index (κ3) is 18.1. The second-order valence-corrected chi connectivity index (χ2v) is 23.3. The van der Waals surface area contributed by atoms with Crippen LogP contribution >= 0.6 is 0 Å². The molecule has 48 heteroatoms. The summed E-state index contributed by atoms with van der Waals surface area (Å²) in [5.41, 5.74) is 0. The van der Waals surface area contributed by atoms with Crippen LogP contribution in [0, 0.1) is 0 Å². The third-order valence-corrected chi connectivity index (χ3v) is 15.1. The molecule has 0 radical (unpaired) electrons. The van der Waals surface area contributed by atoms with Gasteiger partial charge in [-0.1, -0.05) is 0 Å². The Morgan fingerprint density at radius 1 is 0.433 bits per heavy atom. The number of hydrogen-bond acceptors (Lipinski definition) is 36. The Kier molecular flexibility index (Phi) is 24.8. The van der Waals surface area contributed by atoms with Gasteiger partial charge in [0.15, 0.2) is 43.7 Å². The van der Waals surface area contributed by atoms with E-state index in [4.69, 9.17) is 56.3 Å². The molecule has 5 fully saturated rings. The maximum atomic E-state index is 13.1. The fraction of sp³-hybridized carbons (Fsp3) is 0.810. The van der Waals surface area contributed by atoms with Gasteiger partial charge in [0.1, 0.15) is 122 Å². The lowest BCUT2D eigenvalue weighted by atomic mass is 9.93. The average Bonchev–Trinajstić information content (AvgIpc) is 0.780. The molecule has 0 bridgehead atoms. The number of carbonyl (C=O) groups is 6. The number of hydrogen-bond donors (Lipinski definition) is 19. The molecule has 3 amide bonds. The summed E-state index contributed by atoms with van der Waals surface area (Å²) in [6.07, 6.45) is -61.7. The van der Waals surface area contributed by atoms with Crippen LogP contribution in [-0.2, 0) is 125 Å². The van der Waals surface area contributed by atoms with Crippen LogP contribution < -0.4 is 16.0 Å². The lowest BCUT2D eigenvalue weighted by Crippen LogP contribution is -2.71. The topological polar surface area (TPSA) is 694 Å². The predicted molar refractivity (Wildman–Crippen MR) is 265 cm³/mol. The number of carboxylic acid groups (broad SMARTS) is 3. The molecular formula is C42H63N3O42S3. The van der Waals surface area contributed by atoms with E-state index in [-0.39, 0.29) is 0 Å². The zero-order chi connectivity index (χ0) is 67.6. The SMILES string of the molecule is CC(=O)N[C@H]1[C@H](O[C@H]2[C@H](O)[C@@H](O)[C@H](O[C@H]3[C@@H](OS(=O)(=O)O)[C@@H](CO)OC(O)[C@@H]3NC(C)=O)O[C@H]2C(=O)O)O[C@H](CO)[C@H](OS(=O)(=O)O)[C@@H]1O[C@@H]1O[C@@H](C(=O)O)[C@@H](O[C@@H]2O[C@H](CO)[C@H](OS(=O)(=O)O)[C@H](O[C@@H]3OC(C(=O)O)=C[C@H](O)[C@H]3O)[C@H]2NC(C)=O)[C@H](O)[C@H]1O. The van der Waals surface area contributed by atoms with Crippen molar-refractivity contribution >= 4 is 66.8 Å². The minimum Gasteiger partial charge on any atom is -0.479 e. The van der Waals surface area contributed by atoms with Crippen LogP contribution in [0.15, 0.2) is 11.8 Å². The summed E-state index contributed by atoms with van der Waals surface area (Å²) in [6.45, 7) is -1.78. The highest BCUT2D eigenvalue weighted by Crippen LogP contribution is 2.39. The molecule has 6 heterocycles. The first-order valence-electron chi connectivity index (χ1n) is 25.7. The second-order valence-electron chi connectivity index (χ2n) is 20.1. The molecular weight excluding hydrogens is 1310 g/mol. The van der Waals surface area contributed by atoms with Gasteiger partial charge in [0.25, 0.3) is 0 Å². The van der Waals surface area contributed by atoms with Gasteiger partial charge in [-0.2, -0.15) is 25.3 Å². The first-order valence-corrected chi connectivity index (χ1v) is 29.8. The zero-order valence-corrected chi connectivity index (χ0v) is 48.3. The van der Waals surface area contributed by atoms with Crippen molar-refractivity contribution in [2.75, 3.05) is 19.8 Å². The molecule has 90 heavy (non-hydrogen) atoms. The van der Waals surface area contributed by atoms with E-state index in [2.05, 4.69) is 24.3 Å². The molecule has 6 rings (SSSR count). The molecule has 1 unspecified atom stereocenters. The fourth-order valence-corrected chi connectivity index (χ4v) is 11.6. The molecule has 6 aliphatic rings. The number of amides is 3. The van der Waals surface area contributed by atoms with E-state index in [1.54, 1.807) is 0 Å². The van der Waals surface area contributed by atoms with Crippen LogP contribution in [0.5, 0.6) is 0 Å². The molecule has 19 N–H and O–H groups in total. The van der Waals surface area contributed by atoms with Gasteiger partial charge < -0.3 is 134 Å². The monoisotopic (exact) mass is 1380 g/mol. The number of aliphatic carboxylic acids is 3. The number of aliphatic hydroxyl groups excluding tert-OH is 10. The van der Waals surface area contributed by atoms with Crippen molar-refractivity contribution in [1.29, 1.82) is 0 Å². The molecule has 516 valence electrons. The lowest BCUT2D eigenvalue weighted by Gasteiger charge is -2.51. The molecule has 45 nitrogen and oxygen atoms in total. The van der Waals surface area contributed by atoms with E-state index < -0.39 is 264 Å².